The van der Waals surface area contributed by atoms with E-state index >= 15 is 0 Å². The van der Waals surface area contributed by atoms with E-state index in [1.54, 1.807) is 4.90 Å². The normalized spacial score (nSPS) is 16.8. The molecule has 1 aromatic carbocycles. The van der Waals surface area contributed by atoms with Crippen LogP contribution in [0.2, 0.25) is 0 Å². The number of H-pyrrole nitrogens is 1. The monoisotopic (exact) mass is 575 g/mol. The molecule has 3 heterocycles. The van der Waals surface area contributed by atoms with Crippen LogP contribution in [0.25, 0.3) is 22.3 Å². The Bertz CT molecular complexity index is 1310. The Morgan fingerprint density at radius 1 is 0.952 bits per heavy atom. The zero-order chi connectivity index (χ0) is 29.5. The van der Waals surface area contributed by atoms with E-state index in [0.717, 1.165) is 65.8 Å². The molecule has 0 atom stereocenters. The third-order valence-electron chi connectivity index (χ3n) is 7.94. The summed E-state index contributed by atoms with van der Waals surface area (Å²) in [6, 6.07) is 8.41. The van der Waals surface area contributed by atoms with Crippen LogP contribution < -0.4 is 9.47 Å². The number of benzene rings is 1. The number of piperidine rings is 1. The summed E-state index contributed by atoms with van der Waals surface area (Å²) in [5.41, 5.74) is 4.53. The van der Waals surface area contributed by atoms with E-state index in [4.69, 9.17) is 14.2 Å². The summed E-state index contributed by atoms with van der Waals surface area (Å²) in [4.78, 5) is 14.2. The van der Waals surface area contributed by atoms with E-state index in [0.29, 0.717) is 31.8 Å². The van der Waals surface area contributed by atoms with Crippen LogP contribution in [-0.2, 0) is 11.2 Å². The topological polar surface area (TPSA) is 102 Å². The second-order valence-electron chi connectivity index (χ2n) is 12.5. The van der Waals surface area contributed by atoms with Gasteiger partial charge in [0.05, 0.1) is 18.0 Å². The van der Waals surface area contributed by atoms with Gasteiger partial charge in [-0.15, -0.1) is 5.10 Å². The minimum absolute atomic E-state index is 0.0416. The molecule has 1 N–H and O–H groups in total. The molecule has 1 saturated carbocycles. The molecule has 0 spiro atoms. The van der Waals surface area contributed by atoms with Crippen LogP contribution >= 0.6 is 0 Å². The molecule has 1 saturated heterocycles. The van der Waals surface area contributed by atoms with Crippen molar-refractivity contribution in [3.05, 3.63) is 42.4 Å². The number of rotatable bonds is 9. The molecule has 0 unspecified atom stereocenters. The standard InChI is InChI=1S/C33H45N5O4/c1-5-6-12-29-27(20-31(37-36-29)41-26-15-17-38(18-16-26)32(39)42-33(2,3)4)23-13-14-30(40-25-10-8-7-9-11-25)28(19-23)24-21-34-35-22-24/h13-14,19-22,25-26H,5-12,15-18H2,1-4H3,(H,34,35). The first-order valence-corrected chi connectivity index (χ1v) is 15.6. The van der Waals surface area contributed by atoms with Gasteiger partial charge in [0.15, 0.2) is 0 Å². The van der Waals surface area contributed by atoms with Gasteiger partial charge < -0.3 is 19.1 Å². The highest BCUT2D eigenvalue weighted by molar-refractivity contribution is 5.78. The van der Waals surface area contributed by atoms with Crippen molar-refractivity contribution in [2.45, 2.75) is 110 Å². The fourth-order valence-corrected chi connectivity index (χ4v) is 5.68. The van der Waals surface area contributed by atoms with Gasteiger partial charge in [0.25, 0.3) is 0 Å². The fraction of sp³-hybridized carbons (Fsp3) is 0.576. The zero-order valence-electron chi connectivity index (χ0n) is 25.5. The van der Waals surface area contributed by atoms with Gasteiger partial charge in [0, 0.05) is 54.9 Å². The first-order valence-electron chi connectivity index (χ1n) is 15.6. The number of ether oxygens (including phenoxy) is 3. The Morgan fingerprint density at radius 2 is 1.71 bits per heavy atom. The lowest BCUT2D eigenvalue weighted by Crippen LogP contribution is -2.44. The van der Waals surface area contributed by atoms with Crippen molar-refractivity contribution in [3.63, 3.8) is 0 Å². The van der Waals surface area contributed by atoms with Crippen molar-refractivity contribution in [2.75, 3.05) is 13.1 Å². The molecule has 2 fully saturated rings. The Labute approximate surface area is 249 Å². The van der Waals surface area contributed by atoms with Gasteiger partial charge in [-0.25, -0.2) is 4.79 Å². The van der Waals surface area contributed by atoms with Gasteiger partial charge in [0.1, 0.15) is 17.5 Å². The van der Waals surface area contributed by atoms with E-state index in [-0.39, 0.29) is 18.3 Å². The average molecular weight is 576 g/mol. The van der Waals surface area contributed by atoms with Gasteiger partial charge in [-0.3, -0.25) is 5.10 Å². The summed E-state index contributed by atoms with van der Waals surface area (Å²) in [7, 11) is 0. The van der Waals surface area contributed by atoms with Gasteiger partial charge in [-0.05, 0) is 77.0 Å². The third kappa shape index (κ3) is 7.81. The number of amides is 1. The lowest BCUT2D eigenvalue weighted by atomic mass is 9.96. The van der Waals surface area contributed by atoms with Gasteiger partial charge in [0.2, 0.25) is 5.88 Å². The summed E-state index contributed by atoms with van der Waals surface area (Å²) < 4.78 is 18.4. The lowest BCUT2D eigenvalue weighted by Gasteiger charge is -2.33. The van der Waals surface area contributed by atoms with Crippen molar-refractivity contribution in [1.29, 1.82) is 0 Å². The van der Waals surface area contributed by atoms with E-state index in [9.17, 15) is 4.79 Å². The van der Waals surface area contributed by atoms with Gasteiger partial charge in [-0.1, -0.05) is 25.8 Å². The number of carbonyl (C=O) groups excluding carboxylic acids is 1. The second kappa shape index (κ2) is 13.6. The Hall–Kier alpha value is -3.62. The molecule has 42 heavy (non-hydrogen) atoms. The number of hydrogen-bond donors (Lipinski definition) is 1. The van der Waals surface area contributed by atoms with Crippen LogP contribution in [0.15, 0.2) is 36.7 Å². The maximum Gasteiger partial charge on any atom is 0.410 e. The van der Waals surface area contributed by atoms with Gasteiger partial charge >= 0.3 is 6.09 Å². The molecule has 1 amide bonds. The highest BCUT2D eigenvalue weighted by Crippen LogP contribution is 2.37. The quantitative estimate of drug-likeness (QED) is 0.284. The SMILES string of the molecule is CCCCc1nnc(OC2CCN(C(=O)OC(C)(C)C)CC2)cc1-c1ccc(OC2CCCCC2)c(-c2cn[nH]c2)c1. The molecule has 0 bridgehead atoms. The summed E-state index contributed by atoms with van der Waals surface area (Å²) >= 11 is 0. The minimum atomic E-state index is -0.506. The van der Waals surface area contributed by atoms with E-state index in [2.05, 4.69) is 45.5 Å². The maximum absolute atomic E-state index is 12.5. The number of aromatic amines is 1. The van der Waals surface area contributed by atoms with Crippen molar-refractivity contribution in [2.24, 2.45) is 0 Å². The molecular formula is C33H45N5O4. The fourth-order valence-electron chi connectivity index (χ4n) is 5.68. The second-order valence-corrected chi connectivity index (χ2v) is 12.5. The van der Waals surface area contributed by atoms with Crippen molar-refractivity contribution in [1.82, 2.24) is 25.3 Å². The molecule has 226 valence electrons. The zero-order valence-corrected chi connectivity index (χ0v) is 25.5. The van der Waals surface area contributed by atoms with Crippen molar-refractivity contribution in [3.8, 4) is 33.9 Å². The largest absolute Gasteiger partial charge is 0.490 e. The van der Waals surface area contributed by atoms with Crippen LogP contribution in [-0.4, -0.2) is 62.3 Å². The molecule has 2 aromatic heterocycles. The highest BCUT2D eigenvalue weighted by Gasteiger charge is 2.28. The molecular weight excluding hydrogens is 530 g/mol. The van der Waals surface area contributed by atoms with Crippen LogP contribution in [0.3, 0.4) is 0 Å². The van der Waals surface area contributed by atoms with Crippen LogP contribution in [0.4, 0.5) is 4.79 Å². The number of aryl methyl sites for hydroxylation is 1. The molecule has 5 rings (SSSR count). The summed E-state index contributed by atoms with van der Waals surface area (Å²) in [6.07, 6.45) is 14.0. The number of carbonyl (C=O) groups is 1. The summed E-state index contributed by atoms with van der Waals surface area (Å²) in [5.74, 6) is 1.39. The Kier molecular flexibility index (Phi) is 9.65. The van der Waals surface area contributed by atoms with Crippen LogP contribution in [0.1, 0.15) is 91.2 Å². The predicted octanol–water partition coefficient (Wildman–Crippen LogP) is 7.37. The summed E-state index contributed by atoms with van der Waals surface area (Å²) in [5, 5.41) is 16.3. The number of hydrogen-bond acceptors (Lipinski definition) is 7. The van der Waals surface area contributed by atoms with Crippen LogP contribution in [0.5, 0.6) is 11.6 Å². The van der Waals surface area contributed by atoms with Crippen molar-refractivity contribution >= 4 is 6.09 Å². The van der Waals surface area contributed by atoms with E-state index in [1.807, 2.05) is 39.2 Å². The van der Waals surface area contributed by atoms with E-state index < -0.39 is 5.60 Å². The first-order chi connectivity index (χ1) is 20.3. The molecule has 1 aliphatic carbocycles. The number of aromatic nitrogens is 4. The molecule has 0 radical (unpaired) electrons. The smallest absolute Gasteiger partial charge is 0.410 e. The molecule has 2 aliphatic rings. The van der Waals surface area contributed by atoms with Gasteiger partial charge in [-0.2, -0.15) is 10.2 Å². The summed E-state index contributed by atoms with van der Waals surface area (Å²) in [6.45, 7) is 9.02. The Balaban J connectivity index is 1.36. The third-order valence-corrected chi connectivity index (χ3v) is 7.94. The predicted molar refractivity (Wildman–Crippen MR) is 163 cm³/mol. The lowest BCUT2D eigenvalue weighted by molar-refractivity contribution is 0.0122. The molecule has 3 aromatic rings. The number of likely N-dealkylation sites (tertiary alicyclic amines) is 1. The maximum atomic E-state index is 12.5. The minimum Gasteiger partial charge on any atom is -0.490 e. The molecule has 9 heteroatoms. The number of nitrogens with one attached hydrogen (secondary N) is 1. The number of nitrogens with zero attached hydrogens (tertiary/aromatic N) is 4. The number of unbranched alkanes of at least 4 members (excludes halogenated alkanes) is 1. The Morgan fingerprint density at radius 3 is 2.40 bits per heavy atom. The van der Waals surface area contributed by atoms with E-state index in [1.165, 1.54) is 19.3 Å². The molecule has 9 nitrogen and oxygen atoms in total. The molecule has 1 aliphatic heterocycles. The highest BCUT2D eigenvalue weighted by atomic mass is 16.6. The first kappa shape index (κ1) is 29.9. The van der Waals surface area contributed by atoms with Crippen molar-refractivity contribution < 1.29 is 19.0 Å². The average Bonchev–Trinajstić information content (AvgIpc) is 3.52. The van der Waals surface area contributed by atoms with Crippen LogP contribution in [0, 0.1) is 0 Å².